The molecule has 0 bridgehead atoms. The summed E-state index contributed by atoms with van der Waals surface area (Å²) in [5.74, 6) is 7.36. The van der Waals surface area contributed by atoms with Crippen molar-refractivity contribution in [2.45, 2.75) is 19.6 Å². The van der Waals surface area contributed by atoms with E-state index in [4.69, 9.17) is 38.8 Å². The van der Waals surface area contributed by atoms with E-state index in [0.717, 1.165) is 70.5 Å². The Kier molecular flexibility index (Phi) is 19.8. The number of nitrogens with zero attached hydrogens (tertiary/aromatic N) is 13. The molecule has 0 spiro atoms. The molecular formula is C65H51N21O2S4. The zero-order valence-electron chi connectivity index (χ0n) is 48.6. The lowest BCUT2D eigenvalue weighted by molar-refractivity contribution is 0.414. The van der Waals surface area contributed by atoms with E-state index in [-0.39, 0.29) is 29.7 Å². The fourth-order valence-electron chi connectivity index (χ4n) is 8.50. The van der Waals surface area contributed by atoms with Crippen molar-refractivity contribution in [3.63, 3.8) is 0 Å². The molecule has 92 heavy (non-hydrogen) atoms. The summed E-state index contributed by atoms with van der Waals surface area (Å²) in [6.07, 6.45) is 5.57. The maximum atomic E-state index is 9.28. The van der Waals surface area contributed by atoms with Gasteiger partial charge in [0.1, 0.15) is 11.5 Å². The Labute approximate surface area is 543 Å². The molecule has 0 atom stereocenters. The molecule has 0 aliphatic rings. The molecule has 12 N–H and O–H groups in total. The highest BCUT2D eigenvalue weighted by molar-refractivity contribution is 8.77. The van der Waals surface area contributed by atoms with Gasteiger partial charge in [-0.15, -0.1) is 6.42 Å². The number of ether oxygens (including phenoxy) is 2. The van der Waals surface area contributed by atoms with Crippen LogP contribution in [0.3, 0.4) is 0 Å². The molecule has 0 radical (unpaired) electrons. The second-order valence-corrected chi connectivity index (χ2v) is 23.5. The van der Waals surface area contributed by atoms with Gasteiger partial charge in [-0.3, -0.25) is 0 Å². The number of hydrogen-bond acceptors (Lipinski definition) is 27. The fraction of sp³-hybridized carbons (Fsp3) is 0.0308. The van der Waals surface area contributed by atoms with Crippen LogP contribution in [0.25, 0.3) is 45.6 Å². The summed E-state index contributed by atoms with van der Waals surface area (Å²) in [6, 6.07) is 62.6. The summed E-state index contributed by atoms with van der Waals surface area (Å²) in [7, 11) is 9.45. The number of methoxy groups -OCH3 is 2. The standard InChI is InChI=1S/C33H23N11S2.C32H28N10O2S2/c1-2-20-9-7-11-22(17-20)28-39-30(35)43-32(41-28)37-24-13-3-5-15-26(24)45-46-27-16-6-4-14-25(27)38-33-42-29(40-31(36)44-33)23-12-8-10-21(18-23)19-34;1-43-21-15-11-19(12-16-21)27-37-29(33)41-31(39-27)35-23-7-3-5-9-25(23)45-46-26-10-6-4-8-24(26)36-32-40-28(38-30(34)42-32)20-13-17-22(44-2)18-14-20/h1,3-18H,(H3,35,37,39,41,43)(H3,36,38,40,42,44);3-18H,1-2H3,(H3,33,35,37,39,41)(H3,34,36,38,40,42). The van der Waals surface area contributed by atoms with Gasteiger partial charge in [0.05, 0.1) is 48.6 Å². The van der Waals surface area contributed by atoms with Gasteiger partial charge in [-0.2, -0.15) is 65.1 Å². The van der Waals surface area contributed by atoms with Crippen molar-refractivity contribution in [1.82, 2.24) is 59.8 Å². The first-order valence-corrected chi connectivity index (χ1v) is 31.8. The smallest absolute Gasteiger partial charge is 0.232 e. The van der Waals surface area contributed by atoms with E-state index in [1.165, 1.54) is 0 Å². The Hall–Kier alpha value is -11.8. The van der Waals surface area contributed by atoms with Gasteiger partial charge in [0.2, 0.25) is 47.6 Å². The summed E-state index contributed by atoms with van der Waals surface area (Å²) >= 11 is 0. The van der Waals surface area contributed by atoms with Gasteiger partial charge in [-0.05, 0) is 121 Å². The quantitative estimate of drug-likeness (QED) is 0.0259. The average molecular weight is 1290 g/mol. The predicted octanol–water partition coefficient (Wildman–Crippen LogP) is 13.6. The molecule has 27 heteroatoms. The third kappa shape index (κ3) is 16.1. The lowest BCUT2D eigenvalue weighted by Crippen LogP contribution is -2.05. The Balaban J connectivity index is 0.000000188. The van der Waals surface area contributed by atoms with Crippen LogP contribution in [0.15, 0.2) is 214 Å². The molecule has 0 amide bonds. The van der Waals surface area contributed by atoms with Gasteiger partial charge in [0, 0.05) is 47.4 Å². The van der Waals surface area contributed by atoms with Crippen LogP contribution in [-0.4, -0.2) is 74.0 Å². The number of nitrogens with one attached hydrogen (secondary N) is 4. The Morgan fingerprint density at radius 2 is 0.641 bits per heavy atom. The zero-order valence-corrected chi connectivity index (χ0v) is 51.9. The van der Waals surface area contributed by atoms with Gasteiger partial charge in [-0.1, -0.05) is 122 Å². The van der Waals surface area contributed by atoms with Gasteiger partial charge in [0.25, 0.3) is 0 Å². The number of nitriles is 1. The van der Waals surface area contributed by atoms with Gasteiger partial charge in [0.15, 0.2) is 23.3 Å². The van der Waals surface area contributed by atoms with Crippen LogP contribution in [0.1, 0.15) is 11.1 Å². The molecule has 0 aliphatic heterocycles. The van der Waals surface area contributed by atoms with Gasteiger partial charge in [-0.25, -0.2) is 0 Å². The number of nitrogen functional groups attached to an aromatic ring is 4. The van der Waals surface area contributed by atoms with E-state index in [1.54, 1.807) is 75.6 Å². The number of benzene rings is 8. The van der Waals surface area contributed by atoms with E-state index in [2.05, 4.69) is 93.1 Å². The molecule has 0 aliphatic carbocycles. The minimum Gasteiger partial charge on any atom is -0.497 e. The number of para-hydroxylation sites is 4. The maximum absolute atomic E-state index is 9.28. The first-order valence-electron chi connectivity index (χ1n) is 27.5. The van der Waals surface area contributed by atoms with Crippen LogP contribution in [-0.2, 0) is 0 Å². The third-order valence-corrected chi connectivity index (χ3v) is 17.8. The van der Waals surface area contributed by atoms with Crippen LogP contribution >= 0.6 is 43.2 Å². The van der Waals surface area contributed by atoms with E-state index in [9.17, 15) is 5.26 Å². The summed E-state index contributed by atoms with van der Waals surface area (Å²) in [6.45, 7) is 0. The molecular weight excluding hydrogens is 1240 g/mol. The zero-order chi connectivity index (χ0) is 63.8. The molecule has 23 nitrogen and oxygen atoms in total. The maximum Gasteiger partial charge on any atom is 0.232 e. The number of anilines is 12. The molecule has 12 aromatic rings. The van der Waals surface area contributed by atoms with Crippen LogP contribution < -0.4 is 53.7 Å². The molecule has 0 unspecified atom stereocenters. The highest BCUT2D eigenvalue weighted by Crippen LogP contribution is 2.46. The predicted molar refractivity (Wildman–Crippen MR) is 367 cm³/mol. The van der Waals surface area contributed by atoms with Gasteiger partial charge >= 0.3 is 0 Å². The first-order chi connectivity index (χ1) is 44.9. The molecule has 8 aromatic carbocycles. The molecule has 4 heterocycles. The number of nitrogens with two attached hydrogens (primary N) is 4. The molecule has 0 fully saturated rings. The molecule has 0 saturated heterocycles. The molecule has 12 rings (SSSR count). The average Bonchev–Trinajstić information content (AvgIpc) is 1.70. The lowest BCUT2D eigenvalue weighted by atomic mass is 10.1. The largest absolute Gasteiger partial charge is 0.497 e. The van der Waals surface area contributed by atoms with Crippen molar-refractivity contribution in [1.29, 1.82) is 5.26 Å². The van der Waals surface area contributed by atoms with E-state index < -0.39 is 0 Å². The third-order valence-electron chi connectivity index (χ3n) is 12.8. The van der Waals surface area contributed by atoms with Crippen LogP contribution in [0, 0.1) is 23.7 Å². The normalized spacial score (nSPS) is 10.6. The van der Waals surface area contributed by atoms with Crippen molar-refractivity contribution < 1.29 is 9.47 Å². The van der Waals surface area contributed by atoms with Gasteiger partial charge < -0.3 is 53.7 Å². The Bertz CT molecular complexity index is 4400. The van der Waals surface area contributed by atoms with Crippen molar-refractivity contribution in [3.8, 4) is 75.5 Å². The van der Waals surface area contributed by atoms with Crippen LogP contribution in [0.5, 0.6) is 11.5 Å². The van der Waals surface area contributed by atoms with E-state index in [1.807, 2.05) is 176 Å². The first kappa shape index (κ1) is 61.9. The minimum atomic E-state index is 0.0558. The topological polar surface area (TPSA) is 349 Å². The summed E-state index contributed by atoms with van der Waals surface area (Å²) < 4.78 is 10.5. The number of hydrogen-bond donors (Lipinski definition) is 8. The monoisotopic (exact) mass is 1290 g/mol. The molecule has 4 aromatic heterocycles. The SMILES string of the molecule is C#Cc1cccc(-c2nc(N)nc(Nc3ccccc3SSc3ccccc3Nc3nc(N)nc(-c4cccc(C#N)c4)n3)n2)c1.COc1ccc(-c2nc(N)nc(Nc3ccccc3SSc3ccccc3Nc3nc(N)nc(-c4ccc(OC)cc4)n3)n2)cc1. The highest BCUT2D eigenvalue weighted by atomic mass is 33.1. The minimum absolute atomic E-state index is 0.0558. The van der Waals surface area contributed by atoms with Crippen molar-refractivity contribution in [2.75, 3.05) is 58.4 Å². The van der Waals surface area contributed by atoms with Crippen LogP contribution in [0.4, 0.5) is 70.3 Å². The number of rotatable bonds is 20. The van der Waals surface area contributed by atoms with Crippen molar-refractivity contribution in [3.05, 3.63) is 205 Å². The van der Waals surface area contributed by atoms with Crippen LogP contribution in [0.2, 0.25) is 0 Å². The summed E-state index contributed by atoms with van der Waals surface area (Å²) in [4.78, 5) is 56.5. The fourth-order valence-corrected chi connectivity index (χ4v) is 13.0. The Morgan fingerprint density at radius 3 is 0.946 bits per heavy atom. The molecule has 452 valence electrons. The second kappa shape index (κ2) is 29.5. The number of aromatic nitrogens is 12. The lowest BCUT2D eigenvalue weighted by Gasteiger charge is -2.13. The highest BCUT2D eigenvalue weighted by Gasteiger charge is 2.17. The van der Waals surface area contributed by atoms with E-state index >= 15 is 0 Å². The van der Waals surface area contributed by atoms with Crippen molar-refractivity contribution in [2.24, 2.45) is 0 Å². The summed E-state index contributed by atoms with van der Waals surface area (Å²) in [5, 5.41) is 22.4. The number of terminal acetylenes is 1. The Morgan fingerprint density at radius 1 is 0.348 bits per heavy atom. The van der Waals surface area contributed by atoms with E-state index in [0.29, 0.717) is 57.8 Å². The summed E-state index contributed by atoms with van der Waals surface area (Å²) in [5.41, 5.74) is 31.5. The van der Waals surface area contributed by atoms with Crippen molar-refractivity contribution >= 4 is 114 Å². The second-order valence-electron chi connectivity index (χ2n) is 19.1. The molecule has 0 saturated carbocycles.